The minimum atomic E-state index is 0.232. The van der Waals surface area contributed by atoms with Gasteiger partial charge in [-0.15, -0.1) is 0 Å². The number of unbranched alkanes of at least 4 members (excludes halogenated alkanes) is 2. The topological polar surface area (TPSA) is 71.3 Å². The molecular weight excluding hydrogens is 234 g/mol. The van der Waals surface area contributed by atoms with Crippen LogP contribution in [0.25, 0.3) is 0 Å². The van der Waals surface area contributed by atoms with Crippen molar-refractivity contribution in [2.45, 2.75) is 19.3 Å². The minimum absolute atomic E-state index is 0.232. The molecule has 0 unspecified atom stereocenters. The van der Waals surface area contributed by atoms with Crippen LogP contribution in [0.3, 0.4) is 0 Å². The molecule has 0 radical (unpaired) electrons. The number of rotatable bonds is 6. The third-order valence-electron chi connectivity index (χ3n) is 2.82. The molecule has 1 aliphatic heterocycles. The van der Waals surface area contributed by atoms with Gasteiger partial charge in [0.2, 0.25) is 0 Å². The van der Waals surface area contributed by atoms with E-state index in [1.807, 2.05) is 12.1 Å². The molecule has 5 nitrogen and oxygen atoms in total. The van der Waals surface area contributed by atoms with Crippen LogP contribution in [0.5, 0.6) is 11.5 Å². The number of nitrogens with zero attached hydrogens (tertiary/aromatic N) is 1. The van der Waals surface area contributed by atoms with Crippen molar-refractivity contribution in [2.24, 2.45) is 5.16 Å². The summed E-state index contributed by atoms with van der Waals surface area (Å²) in [5.41, 5.74) is 1.35. The Bertz CT molecular complexity index is 431. The molecule has 0 atom stereocenters. The highest BCUT2D eigenvalue weighted by atomic mass is 16.5. The van der Waals surface area contributed by atoms with Crippen LogP contribution < -0.4 is 9.47 Å². The molecule has 0 amide bonds. The van der Waals surface area contributed by atoms with Gasteiger partial charge in [0.05, 0.1) is 6.61 Å². The average Bonchev–Trinajstić information content (AvgIpc) is 2.80. The molecule has 2 N–H and O–H groups in total. The van der Waals surface area contributed by atoms with Crippen LogP contribution in [-0.2, 0) is 0 Å². The van der Waals surface area contributed by atoms with E-state index in [-0.39, 0.29) is 6.61 Å². The van der Waals surface area contributed by atoms with Crippen LogP contribution in [0.4, 0.5) is 0 Å². The van der Waals surface area contributed by atoms with E-state index in [0.717, 1.165) is 30.6 Å². The van der Waals surface area contributed by atoms with Crippen LogP contribution in [0.15, 0.2) is 23.4 Å². The Morgan fingerprint density at radius 3 is 2.94 bits per heavy atom. The lowest BCUT2D eigenvalue weighted by Gasteiger charge is -2.07. The SMILES string of the molecule is OCCCCCOc1ccc2c(c1)OC/C2=N\O. The maximum absolute atomic E-state index is 8.76. The van der Waals surface area contributed by atoms with Crippen LogP contribution in [0.1, 0.15) is 24.8 Å². The summed E-state index contributed by atoms with van der Waals surface area (Å²) in [7, 11) is 0. The van der Waals surface area contributed by atoms with Gasteiger partial charge in [-0.2, -0.15) is 0 Å². The molecule has 1 heterocycles. The predicted octanol–water partition coefficient (Wildman–Crippen LogP) is 1.80. The van der Waals surface area contributed by atoms with Gasteiger partial charge in [-0.05, 0) is 31.4 Å². The van der Waals surface area contributed by atoms with E-state index in [2.05, 4.69) is 5.16 Å². The molecule has 2 rings (SSSR count). The molecule has 0 spiro atoms. The highest BCUT2D eigenvalue weighted by molar-refractivity contribution is 6.05. The second-order valence-electron chi connectivity index (χ2n) is 4.13. The summed E-state index contributed by atoms with van der Waals surface area (Å²) in [6.07, 6.45) is 2.69. The minimum Gasteiger partial charge on any atom is -0.493 e. The first kappa shape index (κ1) is 12.7. The Morgan fingerprint density at radius 2 is 2.17 bits per heavy atom. The quantitative estimate of drug-likeness (QED) is 0.459. The molecule has 0 saturated heterocycles. The molecule has 5 heteroatoms. The number of ether oxygens (including phenoxy) is 2. The maximum Gasteiger partial charge on any atom is 0.134 e. The number of aliphatic hydroxyl groups is 1. The average molecular weight is 251 g/mol. The predicted molar refractivity (Wildman–Crippen MR) is 66.7 cm³/mol. The highest BCUT2D eigenvalue weighted by Gasteiger charge is 2.20. The van der Waals surface area contributed by atoms with E-state index in [0.29, 0.717) is 24.7 Å². The van der Waals surface area contributed by atoms with Crippen molar-refractivity contribution in [3.8, 4) is 11.5 Å². The number of aliphatic hydroxyl groups excluding tert-OH is 1. The van der Waals surface area contributed by atoms with Crippen molar-refractivity contribution in [2.75, 3.05) is 19.8 Å². The third-order valence-corrected chi connectivity index (χ3v) is 2.82. The fraction of sp³-hybridized carbons (Fsp3) is 0.462. The molecule has 0 aliphatic carbocycles. The van der Waals surface area contributed by atoms with Crippen LogP contribution >= 0.6 is 0 Å². The molecule has 1 aromatic rings. The van der Waals surface area contributed by atoms with Gasteiger partial charge in [0.1, 0.15) is 23.8 Å². The Morgan fingerprint density at radius 1 is 1.28 bits per heavy atom. The van der Waals surface area contributed by atoms with Gasteiger partial charge in [0, 0.05) is 18.2 Å². The van der Waals surface area contributed by atoms with Gasteiger partial charge in [-0.25, -0.2) is 0 Å². The van der Waals surface area contributed by atoms with E-state index in [1.165, 1.54) is 0 Å². The zero-order valence-electron chi connectivity index (χ0n) is 10.1. The zero-order valence-corrected chi connectivity index (χ0v) is 10.1. The third kappa shape index (κ3) is 2.92. The number of oxime groups is 1. The molecule has 0 saturated carbocycles. The lowest BCUT2D eigenvalue weighted by atomic mass is 10.1. The fourth-order valence-electron chi connectivity index (χ4n) is 1.84. The molecule has 1 aliphatic rings. The smallest absolute Gasteiger partial charge is 0.134 e. The summed E-state index contributed by atoms with van der Waals surface area (Å²) in [5.74, 6) is 1.44. The van der Waals surface area contributed by atoms with Gasteiger partial charge < -0.3 is 19.8 Å². The second-order valence-corrected chi connectivity index (χ2v) is 4.13. The molecule has 98 valence electrons. The van der Waals surface area contributed by atoms with Crippen molar-refractivity contribution in [3.63, 3.8) is 0 Å². The first-order valence-corrected chi connectivity index (χ1v) is 6.07. The lowest BCUT2D eigenvalue weighted by Crippen LogP contribution is -2.01. The standard InChI is InChI=1S/C13H17NO4/c15-6-2-1-3-7-17-10-4-5-11-12(14-16)9-18-13(11)8-10/h4-5,8,15-16H,1-3,6-7,9H2/b14-12+. The van der Waals surface area contributed by atoms with Gasteiger partial charge in [-0.3, -0.25) is 0 Å². The molecule has 0 fully saturated rings. The number of hydrogen-bond acceptors (Lipinski definition) is 5. The van der Waals surface area contributed by atoms with Gasteiger partial charge in [0.15, 0.2) is 0 Å². The molecule has 1 aromatic carbocycles. The summed E-state index contributed by atoms with van der Waals surface area (Å²) < 4.78 is 11.0. The van der Waals surface area contributed by atoms with Gasteiger partial charge in [0.25, 0.3) is 0 Å². The van der Waals surface area contributed by atoms with E-state index >= 15 is 0 Å². The first-order chi connectivity index (χ1) is 8.85. The largest absolute Gasteiger partial charge is 0.493 e. The summed E-state index contributed by atoms with van der Waals surface area (Å²) >= 11 is 0. The Kier molecular flexibility index (Phi) is 4.41. The Hall–Kier alpha value is -1.75. The molecular formula is C13H17NO4. The zero-order chi connectivity index (χ0) is 12.8. The van der Waals surface area contributed by atoms with Crippen molar-refractivity contribution in [1.29, 1.82) is 0 Å². The summed E-state index contributed by atoms with van der Waals surface area (Å²) in [6, 6.07) is 5.48. The van der Waals surface area contributed by atoms with Crippen molar-refractivity contribution >= 4 is 5.71 Å². The fourth-order valence-corrected chi connectivity index (χ4v) is 1.84. The van der Waals surface area contributed by atoms with Crippen molar-refractivity contribution < 1.29 is 19.8 Å². The van der Waals surface area contributed by atoms with Crippen LogP contribution in [0, 0.1) is 0 Å². The highest BCUT2D eigenvalue weighted by Crippen LogP contribution is 2.29. The van der Waals surface area contributed by atoms with Crippen molar-refractivity contribution in [3.05, 3.63) is 23.8 Å². The van der Waals surface area contributed by atoms with Crippen LogP contribution in [-0.4, -0.2) is 35.8 Å². The van der Waals surface area contributed by atoms with Crippen LogP contribution in [0.2, 0.25) is 0 Å². The summed E-state index contributed by atoms with van der Waals surface area (Å²) in [4.78, 5) is 0. The van der Waals surface area contributed by atoms with Gasteiger partial charge >= 0.3 is 0 Å². The second kappa shape index (κ2) is 6.26. The molecule has 0 bridgehead atoms. The Balaban J connectivity index is 1.88. The van der Waals surface area contributed by atoms with E-state index in [1.54, 1.807) is 6.07 Å². The number of hydrogen-bond donors (Lipinski definition) is 2. The molecule has 18 heavy (non-hydrogen) atoms. The lowest BCUT2D eigenvalue weighted by molar-refractivity contribution is 0.265. The van der Waals surface area contributed by atoms with E-state index < -0.39 is 0 Å². The van der Waals surface area contributed by atoms with Gasteiger partial charge in [-0.1, -0.05) is 5.16 Å². The summed E-state index contributed by atoms with van der Waals surface area (Å²) in [6.45, 7) is 1.15. The molecule has 0 aromatic heterocycles. The maximum atomic E-state index is 8.76. The Labute approximate surface area is 106 Å². The number of fused-ring (bicyclic) bond motifs is 1. The number of benzene rings is 1. The first-order valence-electron chi connectivity index (χ1n) is 6.07. The van der Waals surface area contributed by atoms with E-state index in [4.69, 9.17) is 19.8 Å². The summed E-state index contributed by atoms with van der Waals surface area (Å²) in [5, 5.41) is 20.6. The normalized spacial score (nSPS) is 15.5. The van der Waals surface area contributed by atoms with E-state index in [9.17, 15) is 0 Å². The van der Waals surface area contributed by atoms with Crippen molar-refractivity contribution in [1.82, 2.24) is 0 Å². The monoisotopic (exact) mass is 251 g/mol.